The van der Waals surface area contributed by atoms with Crippen LogP contribution in [0.25, 0.3) is 0 Å². The standard InChI is InChI=1S/C11H21BrO/c1-2-11(13)9-7-5-3-4-6-8-10-12/h2-10H2,1H3. The summed E-state index contributed by atoms with van der Waals surface area (Å²) in [4.78, 5) is 10.9. The van der Waals surface area contributed by atoms with Crippen LogP contribution in [0.4, 0.5) is 0 Å². The first kappa shape index (κ1) is 13.2. The third-order valence-corrected chi connectivity index (χ3v) is 2.79. The summed E-state index contributed by atoms with van der Waals surface area (Å²) >= 11 is 3.42. The molecule has 0 aliphatic rings. The van der Waals surface area contributed by atoms with Gasteiger partial charge < -0.3 is 0 Å². The van der Waals surface area contributed by atoms with Gasteiger partial charge in [0.05, 0.1) is 0 Å². The van der Waals surface area contributed by atoms with E-state index in [0.717, 1.165) is 18.2 Å². The minimum Gasteiger partial charge on any atom is -0.300 e. The molecule has 0 saturated heterocycles. The molecular weight excluding hydrogens is 228 g/mol. The fraction of sp³-hybridized carbons (Fsp3) is 0.909. The van der Waals surface area contributed by atoms with Gasteiger partial charge in [-0.15, -0.1) is 0 Å². The summed E-state index contributed by atoms with van der Waals surface area (Å²) in [5, 5.41) is 1.13. The molecule has 13 heavy (non-hydrogen) atoms. The number of alkyl halides is 1. The lowest BCUT2D eigenvalue weighted by molar-refractivity contribution is -0.118. The highest BCUT2D eigenvalue weighted by Gasteiger charge is 1.97. The molecule has 1 nitrogen and oxygen atoms in total. The third kappa shape index (κ3) is 10.1. The molecule has 0 aromatic rings. The lowest BCUT2D eigenvalue weighted by atomic mass is 10.1. The number of hydrogen-bond acceptors (Lipinski definition) is 1. The molecule has 2 heteroatoms. The van der Waals surface area contributed by atoms with E-state index >= 15 is 0 Å². The van der Waals surface area contributed by atoms with E-state index in [0.29, 0.717) is 12.2 Å². The van der Waals surface area contributed by atoms with Gasteiger partial charge in [0.2, 0.25) is 0 Å². The Balaban J connectivity index is 2.95. The van der Waals surface area contributed by atoms with Crippen molar-refractivity contribution in [3.63, 3.8) is 0 Å². The van der Waals surface area contributed by atoms with E-state index in [1.165, 1.54) is 32.1 Å². The monoisotopic (exact) mass is 248 g/mol. The average Bonchev–Trinajstić information content (AvgIpc) is 2.16. The summed E-state index contributed by atoms with van der Waals surface area (Å²) in [7, 11) is 0. The van der Waals surface area contributed by atoms with Gasteiger partial charge in [-0.1, -0.05) is 48.5 Å². The summed E-state index contributed by atoms with van der Waals surface area (Å²) in [5.74, 6) is 0.417. The van der Waals surface area contributed by atoms with E-state index in [1.54, 1.807) is 0 Å². The molecule has 0 radical (unpaired) electrons. The van der Waals surface area contributed by atoms with Crippen molar-refractivity contribution in [2.24, 2.45) is 0 Å². The number of carbonyl (C=O) groups is 1. The molecular formula is C11H21BrO. The molecule has 0 unspecified atom stereocenters. The van der Waals surface area contributed by atoms with Crippen LogP contribution in [0.3, 0.4) is 0 Å². The summed E-state index contributed by atoms with van der Waals surface area (Å²) in [6.07, 6.45) is 9.07. The van der Waals surface area contributed by atoms with Gasteiger partial charge in [-0.3, -0.25) is 4.79 Å². The number of halogens is 1. The van der Waals surface area contributed by atoms with Crippen LogP contribution in [0.15, 0.2) is 0 Å². The van der Waals surface area contributed by atoms with Crippen molar-refractivity contribution < 1.29 is 4.79 Å². The van der Waals surface area contributed by atoms with Crippen LogP contribution in [-0.2, 0) is 4.79 Å². The average molecular weight is 249 g/mol. The summed E-state index contributed by atoms with van der Waals surface area (Å²) in [6.45, 7) is 1.94. The first-order valence-corrected chi connectivity index (χ1v) is 6.51. The second-order valence-corrected chi connectivity index (χ2v) is 4.25. The Morgan fingerprint density at radius 3 is 2.08 bits per heavy atom. The zero-order valence-corrected chi connectivity index (χ0v) is 10.2. The maximum Gasteiger partial charge on any atom is 0.132 e. The molecule has 0 aliphatic carbocycles. The Hall–Kier alpha value is 0.150. The molecule has 0 aromatic carbocycles. The Morgan fingerprint density at radius 2 is 1.54 bits per heavy atom. The third-order valence-electron chi connectivity index (χ3n) is 2.23. The van der Waals surface area contributed by atoms with E-state index in [1.807, 2.05) is 6.92 Å². The molecule has 0 aromatic heterocycles. The maximum absolute atomic E-state index is 10.9. The first-order chi connectivity index (χ1) is 6.31. The molecule has 0 bridgehead atoms. The Morgan fingerprint density at radius 1 is 1.00 bits per heavy atom. The molecule has 0 N–H and O–H groups in total. The normalized spacial score (nSPS) is 10.3. The highest BCUT2D eigenvalue weighted by atomic mass is 79.9. The van der Waals surface area contributed by atoms with E-state index in [9.17, 15) is 4.79 Å². The van der Waals surface area contributed by atoms with Crippen LogP contribution in [0, 0.1) is 0 Å². The smallest absolute Gasteiger partial charge is 0.132 e. The van der Waals surface area contributed by atoms with Gasteiger partial charge in [0, 0.05) is 18.2 Å². The van der Waals surface area contributed by atoms with Gasteiger partial charge in [0.15, 0.2) is 0 Å². The second-order valence-electron chi connectivity index (χ2n) is 3.45. The number of hydrogen-bond donors (Lipinski definition) is 0. The molecule has 0 fully saturated rings. The fourth-order valence-electron chi connectivity index (χ4n) is 1.30. The largest absolute Gasteiger partial charge is 0.300 e. The molecule has 0 saturated carbocycles. The van der Waals surface area contributed by atoms with Crippen molar-refractivity contribution in [3.05, 3.63) is 0 Å². The van der Waals surface area contributed by atoms with Gasteiger partial charge in [0.1, 0.15) is 5.78 Å². The lowest BCUT2D eigenvalue weighted by Crippen LogP contribution is -1.94. The molecule has 0 rings (SSSR count). The quantitative estimate of drug-likeness (QED) is 0.444. The minimum absolute atomic E-state index is 0.417. The first-order valence-electron chi connectivity index (χ1n) is 5.39. The van der Waals surface area contributed by atoms with Gasteiger partial charge in [0.25, 0.3) is 0 Å². The molecule has 0 spiro atoms. The number of unbranched alkanes of at least 4 members (excludes halogenated alkanes) is 5. The van der Waals surface area contributed by atoms with Gasteiger partial charge in [-0.05, 0) is 12.8 Å². The molecule has 0 aliphatic heterocycles. The van der Waals surface area contributed by atoms with Gasteiger partial charge >= 0.3 is 0 Å². The van der Waals surface area contributed by atoms with E-state index in [-0.39, 0.29) is 0 Å². The number of rotatable bonds is 9. The Bertz CT molecular complexity index is 123. The van der Waals surface area contributed by atoms with Crippen molar-refractivity contribution in [2.45, 2.75) is 58.3 Å². The summed E-state index contributed by atoms with van der Waals surface area (Å²) < 4.78 is 0. The van der Waals surface area contributed by atoms with Crippen LogP contribution < -0.4 is 0 Å². The van der Waals surface area contributed by atoms with Crippen LogP contribution in [0.1, 0.15) is 58.3 Å². The Kier molecular flexibility index (Phi) is 10.4. The van der Waals surface area contributed by atoms with Crippen LogP contribution in [0.5, 0.6) is 0 Å². The predicted octanol–water partition coefficient (Wildman–Crippen LogP) is 4.09. The maximum atomic E-state index is 10.9. The lowest BCUT2D eigenvalue weighted by Gasteiger charge is -1.99. The minimum atomic E-state index is 0.417. The topological polar surface area (TPSA) is 17.1 Å². The number of Topliss-reactive ketones (excluding diaryl/α,β-unsaturated/α-hetero) is 1. The fourth-order valence-corrected chi connectivity index (χ4v) is 1.70. The highest BCUT2D eigenvalue weighted by molar-refractivity contribution is 9.09. The van der Waals surface area contributed by atoms with Crippen LogP contribution >= 0.6 is 15.9 Å². The Labute approximate surface area is 90.4 Å². The predicted molar refractivity (Wildman–Crippen MR) is 61.4 cm³/mol. The zero-order chi connectivity index (χ0) is 9.94. The van der Waals surface area contributed by atoms with Crippen molar-refractivity contribution in [3.8, 4) is 0 Å². The number of ketones is 1. The van der Waals surface area contributed by atoms with Crippen LogP contribution in [-0.4, -0.2) is 11.1 Å². The SMILES string of the molecule is CCC(=O)CCCCCCCCBr. The van der Waals surface area contributed by atoms with Crippen molar-refractivity contribution in [1.82, 2.24) is 0 Å². The van der Waals surface area contributed by atoms with Crippen molar-refractivity contribution in [1.29, 1.82) is 0 Å². The van der Waals surface area contributed by atoms with Crippen molar-refractivity contribution in [2.75, 3.05) is 5.33 Å². The van der Waals surface area contributed by atoms with Gasteiger partial charge in [-0.25, -0.2) is 0 Å². The second kappa shape index (κ2) is 10.2. The van der Waals surface area contributed by atoms with E-state index < -0.39 is 0 Å². The van der Waals surface area contributed by atoms with Gasteiger partial charge in [-0.2, -0.15) is 0 Å². The molecule has 78 valence electrons. The molecule has 0 atom stereocenters. The summed E-state index contributed by atoms with van der Waals surface area (Å²) in [5.41, 5.74) is 0. The summed E-state index contributed by atoms with van der Waals surface area (Å²) in [6, 6.07) is 0. The van der Waals surface area contributed by atoms with Crippen molar-refractivity contribution >= 4 is 21.7 Å². The van der Waals surface area contributed by atoms with Crippen LogP contribution in [0.2, 0.25) is 0 Å². The van der Waals surface area contributed by atoms with E-state index in [4.69, 9.17) is 0 Å². The molecule has 0 heterocycles. The van der Waals surface area contributed by atoms with E-state index in [2.05, 4.69) is 15.9 Å². The zero-order valence-electron chi connectivity index (χ0n) is 8.65. The molecule has 0 amide bonds. The number of carbonyl (C=O) groups excluding carboxylic acids is 1. The highest BCUT2D eigenvalue weighted by Crippen LogP contribution is 2.08.